The van der Waals surface area contributed by atoms with Crippen molar-refractivity contribution in [2.75, 3.05) is 0 Å². The number of carbonyl (C=O) groups excluding carboxylic acids is 1. The molecule has 1 aliphatic rings. The molecule has 1 saturated carbocycles. The number of hydrogen-bond acceptors (Lipinski definition) is 3. The maximum atomic E-state index is 12.3. The predicted octanol–water partition coefficient (Wildman–Crippen LogP) is 2.00. The lowest BCUT2D eigenvalue weighted by molar-refractivity contribution is -0.188. The molecule has 0 spiro atoms. The van der Waals surface area contributed by atoms with Crippen LogP contribution in [0.15, 0.2) is 0 Å². The van der Waals surface area contributed by atoms with Gasteiger partial charge in [0.2, 0.25) is 0 Å². The summed E-state index contributed by atoms with van der Waals surface area (Å²) in [5.74, 6) is -1.80. The highest BCUT2D eigenvalue weighted by Gasteiger charge is 2.42. The number of rotatable bonds is 2. The number of carbonyl (C=O) groups is 1. The summed E-state index contributed by atoms with van der Waals surface area (Å²) in [7, 11) is 0. The maximum absolute atomic E-state index is 12.3. The van der Waals surface area contributed by atoms with Gasteiger partial charge in [0.15, 0.2) is 0 Å². The van der Waals surface area contributed by atoms with Crippen LogP contribution in [0.4, 0.5) is 13.2 Å². The molecule has 0 bridgehead atoms. The molecule has 1 aliphatic carbocycles. The standard InChI is InChI=1S/C10H16F3NO2/c1-6(14)9(15)16-8-4-2-7(3-5-8)10(11,12)13/h6-8H,2-5,14H2,1H3/t6-,7-,8-/m1/s1. The summed E-state index contributed by atoms with van der Waals surface area (Å²) in [4.78, 5) is 11.1. The van der Waals surface area contributed by atoms with Crippen LogP contribution in [0.5, 0.6) is 0 Å². The summed E-state index contributed by atoms with van der Waals surface area (Å²) < 4.78 is 42.0. The van der Waals surface area contributed by atoms with Crippen LogP contribution >= 0.6 is 0 Å². The number of esters is 1. The third kappa shape index (κ3) is 3.66. The van der Waals surface area contributed by atoms with Crippen molar-refractivity contribution in [1.29, 1.82) is 0 Å². The Labute approximate surface area is 92.1 Å². The van der Waals surface area contributed by atoms with Crippen molar-refractivity contribution >= 4 is 5.97 Å². The van der Waals surface area contributed by atoms with Crippen LogP contribution in [0.1, 0.15) is 32.6 Å². The quantitative estimate of drug-likeness (QED) is 0.750. The zero-order valence-corrected chi connectivity index (χ0v) is 9.09. The molecule has 16 heavy (non-hydrogen) atoms. The topological polar surface area (TPSA) is 52.3 Å². The van der Waals surface area contributed by atoms with Gasteiger partial charge in [0.25, 0.3) is 0 Å². The fourth-order valence-corrected chi connectivity index (χ4v) is 1.78. The van der Waals surface area contributed by atoms with Crippen LogP contribution in [0.3, 0.4) is 0 Å². The summed E-state index contributed by atoms with van der Waals surface area (Å²) >= 11 is 0. The maximum Gasteiger partial charge on any atom is 0.391 e. The molecule has 0 radical (unpaired) electrons. The number of hydrogen-bond donors (Lipinski definition) is 1. The second-order valence-corrected chi connectivity index (χ2v) is 4.24. The Kier molecular flexibility index (Phi) is 4.18. The monoisotopic (exact) mass is 239 g/mol. The highest BCUT2D eigenvalue weighted by molar-refractivity contribution is 5.75. The van der Waals surface area contributed by atoms with Crippen LogP contribution in [-0.4, -0.2) is 24.3 Å². The molecule has 0 heterocycles. The summed E-state index contributed by atoms with van der Waals surface area (Å²) in [6.07, 6.45) is -3.94. The van der Waals surface area contributed by atoms with Gasteiger partial charge in [0.05, 0.1) is 5.92 Å². The first kappa shape index (κ1) is 13.3. The minimum atomic E-state index is -4.13. The van der Waals surface area contributed by atoms with Gasteiger partial charge in [-0.05, 0) is 32.6 Å². The Morgan fingerprint density at radius 1 is 1.31 bits per heavy atom. The van der Waals surface area contributed by atoms with Crippen molar-refractivity contribution in [3.05, 3.63) is 0 Å². The largest absolute Gasteiger partial charge is 0.461 e. The Morgan fingerprint density at radius 2 is 1.81 bits per heavy atom. The van der Waals surface area contributed by atoms with E-state index in [2.05, 4.69) is 0 Å². The van der Waals surface area contributed by atoms with Gasteiger partial charge in [-0.3, -0.25) is 4.79 Å². The summed E-state index contributed by atoms with van der Waals surface area (Å²) in [6, 6.07) is -0.722. The van der Waals surface area contributed by atoms with Crippen LogP contribution < -0.4 is 5.73 Å². The average molecular weight is 239 g/mol. The third-order valence-electron chi connectivity index (χ3n) is 2.79. The van der Waals surface area contributed by atoms with E-state index >= 15 is 0 Å². The van der Waals surface area contributed by atoms with Crippen molar-refractivity contribution in [2.45, 2.75) is 50.9 Å². The first-order valence-electron chi connectivity index (χ1n) is 5.33. The second kappa shape index (κ2) is 5.03. The van der Waals surface area contributed by atoms with Gasteiger partial charge in [0.1, 0.15) is 12.1 Å². The van der Waals surface area contributed by atoms with Crippen molar-refractivity contribution < 1.29 is 22.7 Å². The number of alkyl halides is 3. The minimum absolute atomic E-state index is 0.0282. The molecule has 0 aromatic rings. The first-order chi connectivity index (χ1) is 7.30. The van der Waals surface area contributed by atoms with E-state index in [1.54, 1.807) is 0 Å². The molecule has 0 amide bonds. The van der Waals surface area contributed by atoms with Crippen molar-refractivity contribution in [1.82, 2.24) is 0 Å². The molecule has 1 atom stereocenters. The highest BCUT2D eigenvalue weighted by Crippen LogP contribution is 2.38. The molecule has 3 nitrogen and oxygen atoms in total. The average Bonchev–Trinajstić information content (AvgIpc) is 2.17. The zero-order valence-electron chi connectivity index (χ0n) is 9.09. The van der Waals surface area contributed by atoms with Crippen molar-refractivity contribution in [2.24, 2.45) is 11.7 Å². The molecule has 0 aromatic carbocycles. The Morgan fingerprint density at radius 3 is 2.19 bits per heavy atom. The Hall–Kier alpha value is -0.780. The fraction of sp³-hybridized carbons (Fsp3) is 0.900. The predicted molar refractivity (Wildman–Crippen MR) is 51.5 cm³/mol. The summed E-state index contributed by atoms with van der Waals surface area (Å²) in [6.45, 7) is 1.49. The van der Waals surface area contributed by atoms with Crippen LogP contribution in [0, 0.1) is 5.92 Å². The van der Waals surface area contributed by atoms with Gasteiger partial charge in [-0.1, -0.05) is 0 Å². The van der Waals surface area contributed by atoms with E-state index in [-0.39, 0.29) is 25.7 Å². The van der Waals surface area contributed by atoms with Gasteiger partial charge in [-0.2, -0.15) is 13.2 Å². The van der Waals surface area contributed by atoms with E-state index in [1.807, 2.05) is 0 Å². The summed E-state index contributed by atoms with van der Waals surface area (Å²) in [5, 5.41) is 0. The summed E-state index contributed by atoms with van der Waals surface area (Å²) in [5.41, 5.74) is 5.30. The van der Waals surface area contributed by atoms with Crippen LogP contribution in [-0.2, 0) is 9.53 Å². The molecule has 0 aliphatic heterocycles. The van der Waals surface area contributed by atoms with Crippen molar-refractivity contribution in [3.63, 3.8) is 0 Å². The minimum Gasteiger partial charge on any atom is -0.461 e. The number of halogens is 3. The van der Waals surface area contributed by atoms with E-state index in [0.29, 0.717) is 0 Å². The van der Waals surface area contributed by atoms with Crippen molar-refractivity contribution in [3.8, 4) is 0 Å². The molecule has 2 N–H and O–H groups in total. The van der Waals surface area contributed by atoms with E-state index in [1.165, 1.54) is 6.92 Å². The Bertz CT molecular complexity index is 245. The molecule has 6 heteroatoms. The van der Waals surface area contributed by atoms with E-state index in [0.717, 1.165) is 0 Å². The molecule has 0 unspecified atom stereocenters. The van der Waals surface area contributed by atoms with E-state index in [9.17, 15) is 18.0 Å². The van der Waals surface area contributed by atoms with Gasteiger partial charge in [-0.15, -0.1) is 0 Å². The van der Waals surface area contributed by atoms with Crippen LogP contribution in [0.2, 0.25) is 0 Å². The molecule has 94 valence electrons. The second-order valence-electron chi connectivity index (χ2n) is 4.24. The van der Waals surface area contributed by atoms with Gasteiger partial charge in [0, 0.05) is 0 Å². The Balaban J connectivity index is 2.35. The lowest BCUT2D eigenvalue weighted by Gasteiger charge is -2.29. The normalized spacial score (nSPS) is 28.6. The zero-order chi connectivity index (χ0) is 12.3. The lowest BCUT2D eigenvalue weighted by Crippen LogP contribution is -2.36. The fourth-order valence-electron chi connectivity index (χ4n) is 1.78. The van der Waals surface area contributed by atoms with Gasteiger partial charge < -0.3 is 10.5 Å². The van der Waals surface area contributed by atoms with E-state index < -0.39 is 30.2 Å². The number of ether oxygens (including phenoxy) is 1. The first-order valence-corrected chi connectivity index (χ1v) is 5.33. The molecule has 0 aromatic heterocycles. The van der Waals surface area contributed by atoms with Gasteiger partial charge in [-0.25, -0.2) is 0 Å². The van der Waals surface area contributed by atoms with Crippen LogP contribution in [0.25, 0.3) is 0 Å². The number of nitrogens with two attached hydrogens (primary N) is 1. The SMILES string of the molecule is C[C@@H](N)C(=O)O[C@H]1CC[C@H](C(F)(F)F)CC1. The molecular weight excluding hydrogens is 223 g/mol. The smallest absolute Gasteiger partial charge is 0.391 e. The lowest BCUT2D eigenvalue weighted by atomic mass is 9.87. The van der Waals surface area contributed by atoms with E-state index in [4.69, 9.17) is 10.5 Å². The molecule has 1 rings (SSSR count). The molecule has 1 fully saturated rings. The molecular formula is C10H16F3NO2. The van der Waals surface area contributed by atoms with Gasteiger partial charge >= 0.3 is 12.1 Å². The molecule has 0 saturated heterocycles. The highest BCUT2D eigenvalue weighted by atomic mass is 19.4. The third-order valence-corrected chi connectivity index (χ3v) is 2.79.